The van der Waals surface area contributed by atoms with Crippen LogP contribution in [-0.4, -0.2) is 23.3 Å². The fourth-order valence-corrected chi connectivity index (χ4v) is 3.51. The zero-order chi connectivity index (χ0) is 21.0. The van der Waals surface area contributed by atoms with Gasteiger partial charge in [-0.15, -0.1) is 11.3 Å². The maximum absolute atomic E-state index is 13.5. The summed E-state index contributed by atoms with van der Waals surface area (Å²) >= 11 is 7.45. The molecule has 2 aromatic carbocycles. The first-order valence-corrected chi connectivity index (χ1v) is 9.50. The van der Waals surface area contributed by atoms with Crippen molar-refractivity contribution in [2.45, 2.75) is 6.42 Å². The molecule has 0 aliphatic rings. The van der Waals surface area contributed by atoms with Crippen LogP contribution in [0.15, 0.2) is 41.8 Å². The van der Waals surface area contributed by atoms with Gasteiger partial charge in [-0.3, -0.25) is 9.59 Å². The van der Waals surface area contributed by atoms with E-state index in [1.165, 1.54) is 11.3 Å². The third-order valence-corrected chi connectivity index (χ3v) is 5.01. The van der Waals surface area contributed by atoms with Gasteiger partial charge in [0.25, 0.3) is 0 Å². The van der Waals surface area contributed by atoms with E-state index in [1.54, 1.807) is 17.5 Å². The molecule has 0 aliphatic heterocycles. The van der Waals surface area contributed by atoms with E-state index in [0.717, 1.165) is 11.6 Å². The van der Waals surface area contributed by atoms with E-state index in [0.29, 0.717) is 21.8 Å². The highest BCUT2D eigenvalue weighted by molar-refractivity contribution is 7.13. The molecule has 29 heavy (non-hydrogen) atoms. The summed E-state index contributed by atoms with van der Waals surface area (Å²) in [6.45, 7) is -0.473. The van der Waals surface area contributed by atoms with Gasteiger partial charge in [-0.05, 0) is 18.2 Å². The minimum atomic E-state index is -1.69. The van der Waals surface area contributed by atoms with Crippen LogP contribution in [0.4, 0.5) is 18.9 Å². The van der Waals surface area contributed by atoms with Gasteiger partial charge in [0.15, 0.2) is 17.5 Å². The molecule has 0 unspecified atom stereocenters. The van der Waals surface area contributed by atoms with Crippen molar-refractivity contribution < 1.29 is 22.8 Å². The van der Waals surface area contributed by atoms with Crippen molar-refractivity contribution in [3.05, 3.63) is 69.9 Å². The number of hydrogen-bond donors (Lipinski definition) is 2. The lowest BCUT2D eigenvalue weighted by Crippen LogP contribution is -2.34. The second kappa shape index (κ2) is 9.06. The fraction of sp³-hybridized carbons (Fsp3) is 0.105. The average Bonchev–Trinajstić information content (AvgIpc) is 3.15. The lowest BCUT2D eigenvalue weighted by Gasteiger charge is -2.08. The van der Waals surface area contributed by atoms with Crippen molar-refractivity contribution in [1.82, 2.24) is 10.3 Å². The van der Waals surface area contributed by atoms with Crippen molar-refractivity contribution in [3.8, 4) is 10.6 Å². The van der Waals surface area contributed by atoms with Crippen LogP contribution in [0.3, 0.4) is 0 Å². The van der Waals surface area contributed by atoms with Crippen molar-refractivity contribution >= 4 is 40.4 Å². The molecule has 10 heteroatoms. The summed E-state index contributed by atoms with van der Waals surface area (Å²) in [5.41, 5.74) is 0.722. The molecule has 150 valence electrons. The molecule has 2 amide bonds. The van der Waals surface area contributed by atoms with Crippen molar-refractivity contribution in [2.75, 3.05) is 11.9 Å². The molecule has 3 aromatic rings. The molecule has 5 nitrogen and oxygen atoms in total. The number of halogens is 4. The molecule has 0 fully saturated rings. The Hall–Kier alpha value is -2.91. The van der Waals surface area contributed by atoms with Crippen molar-refractivity contribution in [3.63, 3.8) is 0 Å². The minimum absolute atomic E-state index is 0.0756. The van der Waals surface area contributed by atoms with Crippen LogP contribution in [0, 0.1) is 17.5 Å². The van der Waals surface area contributed by atoms with Crippen LogP contribution in [0.1, 0.15) is 5.69 Å². The maximum Gasteiger partial charge on any atom is 0.243 e. The molecule has 1 aromatic heterocycles. The number of carbonyl (C=O) groups excluding carboxylic acids is 2. The maximum atomic E-state index is 13.5. The number of benzene rings is 2. The van der Waals surface area contributed by atoms with Crippen LogP contribution in [0.5, 0.6) is 0 Å². The Labute approximate surface area is 172 Å². The fourth-order valence-electron chi connectivity index (χ4n) is 2.37. The summed E-state index contributed by atoms with van der Waals surface area (Å²) in [4.78, 5) is 28.2. The van der Waals surface area contributed by atoms with Crippen LogP contribution >= 0.6 is 22.9 Å². The largest absolute Gasteiger partial charge is 0.347 e. The summed E-state index contributed by atoms with van der Waals surface area (Å²) in [5, 5.41) is 7.32. The van der Waals surface area contributed by atoms with Crippen LogP contribution < -0.4 is 10.6 Å². The zero-order valence-electron chi connectivity index (χ0n) is 14.6. The van der Waals surface area contributed by atoms with E-state index in [2.05, 4.69) is 15.6 Å². The summed E-state index contributed by atoms with van der Waals surface area (Å²) in [6.07, 6.45) is -0.0756. The van der Waals surface area contributed by atoms with Gasteiger partial charge in [0, 0.05) is 10.9 Å². The second-order valence-corrected chi connectivity index (χ2v) is 7.11. The van der Waals surface area contributed by atoms with Crippen LogP contribution in [0.25, 0.3) is 10.6 Å². The van der Waals surface area contributed by atoms with E-state index in [1.807, 2.05) is 12.1 Å². The number of nitrogens with zero attached hydrogens (tertiary/aromatic N) is 1. The Morgan fingerprint density at radius 2 is 1.79 bits per heavy atom. The molecule has 0 atom stereocenters. The third-order valence-electron chi connectivity index (χ3n) is 3.75. The first-order chi connectivity index (χ1) is 13.8. The monoisotopic (exact) mass is 439 g/mol. The summed E-state index contributed by atoms with van der Waals surface area (Å²) in [7, 11) is 0. The normalized spacial score (nSPS) is 10.6. The Morgan fingerprint density at radius 1 is 1.03 bits per heavy atom. The lowest BCUT2D eigenvalue weighted by atomic mass is 10.2. The molecule has 0 spiro atoms. The highest BCUT2D eigenvalue weighted by atomic mass is 35.5. The minimum Gasteiger partial charge on any atom is -0.347 e. The summed E-state index contributed by atoms with van der Waals surface area (Å²) < 4.78 is 39.6. The summed E-state index contributed by atoms with van der Waals surface area (Å²) in [5.74, 6) is -5.85. The summed E-state index contributed by atoms with van der Waals surface area (Å²) in [6, 6.07) is 8.74. The number of carbonyl (C=O) groups is 2. The standard InChI is InChI=1S/C19H13ClF3N3O2S/c20-12-4-2-1-3-11(12)19-25-10(9-29-19)7-15(27)24-8-16(28)26-14-6-5-13(21)17(22)18(14)23/h1-6,9H,7-8H2,(H,24,27)(H,26,28). The molecule has 2 N–H and O–H groups in total. The Bertz CT molecular complexity index is 1070. The van der Waals surface area contributed by atoms with Crippen LogP contribution in [0.2, 0.25) is 5.02 Å². The van der Waals surface area contributed by atoms with Gasteiger partial charge in [0.05, 0.1) is 29.4 Å². The quantitative estimate of drug-likeness (QED) is 0.566. The SMILES string of the molecule is O=C(Cc1csc(-c2ccccc2Cl)n1)NCC(=O)Nc1ccc(F)c(F)c1F. The number of thiazole rings is 1. The van der Waals surface area contributed by atoms with Crippen molar-refractivity contribution in [2.24, 2.45) is 0 Å². The molecule has 0 saturated heterocycles. The number of rotatable bonds is 6. The average molecular weight is 440 g/mol. The van der Waals surface area contributed by atoms with Gasteiger partial charge < -0.3 is 10.6 Å². The molecular formula is C19H13ClF3N3O2S. The first-order valence-electron chi connectivity index (χ1n) is 8.24. The molecule has 0 radical (unpaired) electrons. The van der Waals surface area contributed by atoms with Crippen LogP contribution in [-0.2, 0) is 16.0 Å². The topological polar surface area (TPSA) is 71.1 Å². The first kappa shape index (κ1) is 20.8. The molecule has 0 aliphatic carbocycles. The van der Waals surface area contributed by atoms with E-state index >= 15 is 0 Å². The zero-order valence-corrected chi connectivity index (χ0v) is 16.2. The van der Waals surface area contributed by atoms with Gasteiger partial charge in [-0.25, -0.2) is 18.2 Å². The number of anilines is 1. The Kier molecular flexibility index (Phi) is 6.50. The van der Waals surface area contributed by atoms with E-state index in [9.17, 15) is 22.8 Å². The number of nitrogens with one attached hydrogen (secondary N) is 2. The highest BCUT2D eigenvalue weighted by Crippen LogP contribution is 2.30. The van der Waals surface area contributed by atoms with Gasteiger partial charge in [-0.1, -0.05) is 29.8 Å². The molecule has 3 rings (SSSR count). The molecular weight excluding hydrogens is 427 g/mol. The smallest absolute Gasteiger partial charge is 0.243 e. The predicted molar refractivity (Wildman–Crippen MR) is 104 cm³/mol. The molecule has 1 heterocycles. The predicted octanol–water partition coefficient (Wildman–Crippen LogP) is 4.18. The number of amides is 2. The third kappa shape index (κ3) is 5.12. The molecule has 0 bridgehead atoms. The highest BCUT2D eigenvalue weighted by Gasteiger charge is 2.16. The van der Waals surface area contributed by atoms with E-state index < -0.39 is 41.5 Å². The Morgan fingerprint density at radius 3 is 2.55 bits per heavy atom. The molecule has 0 saturated carbocycles. The lowest BCUT2D eigenvalue weighted by molar-refractivity contribution is -0.123. The van der Waals surface area contributed by atoms with Gasteiger partial charge >= 0.3 is 0 Å². The number of aromatic nitrogens is 1. The van der Waals surface area contributed by atoms with Gasteiger partial charge in [0.2, 0.25) is 11.8 Å². The van der Waals surface area contributed by atoms with Gasteiger partial charge in [-0.2, -0.15) is 0 Å². The van der Waals surface area contributed by atoms with Gasteiger partial charge in [0.1, 0.15) is 5.01 Å². The van der Waals surface area contributed by atoms with E-state index in [-0.39, 0.29) is 6.42 Å². The van der Waals surface area contributed by atoms with E-state index in [4.69, 9.17) is 11.6 Å². The second-order valence-electron chi connectivity index (χ2n) is 5.85. The van der Waals surface area contributed by atoms with Crippen molar-refractivity contribution in [1.29, 1.82) is 0 Å². The number of hydrogen-bond acceptors (Lipinski definition) is 4. The Balaban J connectivity index is 1.53.